The second-order valence-corrected chi connectivity index (χ2v) is 4.87. The molecule has 0 spiro atoms. The van der Waals surface area contributed by atoms with Gasteiger partial charge in [0.15, 0.2) is 5.69 Å². The van der Waals surface area contributed by atoms with Crippen molar-refractivity contribution < 1.29 is 15.0 Å². The summed E-state index contributed by atoms with van der Waals surface area (Å²) in [5, 5.41) is 26.4. The number of hydrogen-bond donors (Lipinski definition) is 2. The maximum absolute atomic E-state index is 11.0. The summed E-state index contributed by atoms with van der Waals surface area (Å²) in [6, 6.07) is 0. The van der Waals surface area contributed by atoms with Crippen molar-refractivity contribution in [2.45, 2.75) is 45.3 Å². The first-order valence-electron chi connectivity index (χ1n) is 5.85. The van der Waals surface area contributed by atoms with Gasteiger partial charge in [-0.3, -0.25) is 0 Å². The van der Waals surface area contributed by atoms with Crippen LogP contribution in [0.5, 0.6) is 0 Å². The molecule has 1 heterocycles. The number of aliphatic hydroxyl groups is 1. The number of hydrogen-bond acceptors (Lipinski definition) is 4. The summed E-state index contributed by atoms with van der Waals surface area (Å²) >= 11 is 0. The maximum atomic E-state index is 11.0. The standard InChI is InChI=1S/C11H17N3O3/c1-6(2)10-9(11(16)17)12-13-14(10)5-8(15)7-3-4-7/h6-8,15H,3-5H2,1-2H3,(H,16,17). The number of nitrogens with zero attached hydrogens (tertiary/aromatic N) is 3. The van der Waals surface area contributed by atoms with Crippen molar-refractivity contribution in [3.05, 3.63) is 11.4 Å². The molecule has 0 aromatic carbocycles. The molecule has 17 heavy (non-hydrogen) atoms. The van der Waals surface area contributed by atoms with E-state index in [0.717, 1.165) is 12.8 Å². The van der Waals surface area contributed by atoms with Crippen LogP contribution in [0.15, 0.2) is 0 Å². The molecule has 0 radical (unpaired) electrons. The summed E-state index contributed by atoms with van der Waals surface area (Å²) in [4.78, 5) is 11.0. The first kappa shape index (κ1) is 12.0. The highest BCUT2D eigenvalue weighted by Crippen LogP contribution is 2.33. The van der Waals surface area contributed by atoms with Crippen molar-refractivity contribution in [2.75, 3.05) is 0 Å². The molecule has 0 saturated heterocycles. The Bertz CT molecular complexity index is 424. The van der Waals surface area contributed by atoms with Gasteiger partial charge in [-0.1, -0.05) is 19.1 Å². The van der Waals surface area contributed by atoms with Crippen molar-refractivity contribution in [3.63, 3.8) is 0 Å². The zero-order chi connectivity index (χ0) is 12.6. The second kappa shape index (κ2) is 4.44. The Balaban J connectivity index is 2.23. The highest BCUT2D eigenvalue weighted by atomic mass is 16.4. The molecule has 1 saturated carbocycles. The van der Waals surface area contributed by atoms with Crippen molar-refractivity contribution in [1.29, 1.82) is 0 Å². The van der Waals surface area contributed by atoms with Crippen LogP contribution in [-0.2, 0) is 6.54 Å². The molecule has 1 aromatic heterocycles. The Hall–Kier alpha value is -1.43. The normalized spacial score (nSPS) is 17.4. The summed E-state index contributed by atoms with van der Waals surface area (Å²) in [7, 11) is 0. The van der Waals surface area contributed by atoms with Gasteiger partial charge in [0.1, 0.15) is 0 Å². The minimum atomic E-state index is -1.07. The summed E-state index contributed by atoms with van der Waals surface area (Å²) in [5.41, 5.74) is 0.570. The number of aromatic carboxylic acids is 1. The highest BCUT2D eigenvalue weighted by molar-refractivity contribution is 5.86. The van der Waals surface area contributed by atoms with E-state index >= 15 is 0 Å². The van der Waals surface area contributed by atoms with Crippen LogP contribution in [0, 0.1) is 5.92 Å². The largest absolute Gasteiger partial charge is 0.476 e. The zero-order valence-corrected chi connectivity index (χ0v) is 10.00. The molecule has 0 aliphatic heterocycles. The first-order chi connectivity index (χ1) is 8.00. The number of rotatable bonds is 5. The van der Waals surface area contributed by atoms with Crippen LogP contribution < -0.4 is 0 Å². The van der Waals surface area contributed by atoms with Gasteiger partial charge in [0.05, 0.1) is 18.3 Å². The number of aromatic nitrogens is 3. The van der Waals surface area contributed by atoms with Crippen molar-refractivity contribution in [3.8, 4) is 0 Å². The van der Waals surface area contributed by atoms with Crippen LogP contribution in [0.2, 0.25) is 0 Å². The molecular weight excluding hydrogens is 222 g/mol. The molecule has 0 bridgehead atoms. The molecule has 1 unspecified atom stereocenters. The van der Waals surface area contributed by atoms with E-state index in [9.17, 15) is 9.90 Å². The lowest BCUT2D eigenvalue weighted by atomic mass is 10.1. The van der Waals surface area contributed by atoms with E-state index in [1.807, 2.05) is 13.8 Å². The summed E-state index contributed by atoms with van der Waals surface area (Å²) in [5.74, 6) is -0.712. The van der Waals surface area contributed by atoms with Gasteiger partial charge in [-0.2, -0.15) is 0 Å². The first-order valence-corrected chi connectivity index (χ1v) is 5.85. The van der Waals surface area contributed by atoms with E-state index < -0.39 is 12.1 Å². The van der Waals surface area contributed by atoms with Crippen molar-refractivity contribution in [2.24, 2.45) is 5.92 Å². The zero-order valence-electron chi connectivity index (χ0n) is 10.00. The van der Waals surface area contributed by atoms with Gasteiger partial charge in [-0.25, -0.2) is 9.48 Å². The molecule has 2 N–H and O–H groups in total. The van der Waals surface area contributed by atoms with Crippen LogP contribution in [0.25, 0.3) is 0 Å². The lowest BCUT2D eigenvalue weighted by Gasteiger charge is -2.13. The molecule has 0 amide bonds. The average Bonchev–Trinajstić information content (AvgIpc) is 2.99. The molecule has 1 aromatic rings. The number of carboxylic acids is 1. The second-order valence-electron chi connectivity index (χ2n) is 4.87. The predicted molar refractivity (Wildman–Crippen MR) is 59.8 cm³/mol. The fourth-order valence-corrected chi connectivity index (χ4v) is 1.99. The lowest BCUT2D eigenvalue weighted by Crippen LogP contribution is -2.21. The SMILES string of the molecule is CC(C)c1c(C(=O)O)nnn1CC(O)C1CC1. The molecule has 1 aliphatic carbocycles. The van der Waals surface area contributed by atoms with Gasteiger partial charge in [0.25, 0.3) is 0 Å². The lowest BCUT2D eigenvalue weighted by molar-refractivity contribution is 0.0688. The van der Waals surface area contributed by atoms with Crippen LogP contribution in [0.4, 0.5) is 0 Å². The molecule has 94 valence electrons. The molecule has 6 nitrogen and oxygen atoms in total. The molecule has 1 atom stereocenters. The Labute approximate surface area is 99.3 Å². The summed E-state index contributed by atoms with van der Waals surface area (Å²) in [6.45, 7) is 4.12. The fraction of sp³-hybridized carbons (Fsp3) is 0.727. The number of carboxylic acid groups (broad SMARTS) is 1. The fourth-order valence-electron chi connectivity index (χ4n) is 1.99. The van der Waals surface area contributed by atoms with E-state index in [1.54, 1.807) is 0 Å². The van der Waals surface area contributed by atoms with Gasteiger partial charge in [0.2, 0.25) is 0 Å². The Morgan fingerprint density at radius 1 is 1.53 bits per heavy atom. The topological polar surface area (TPSA) is 88.2 Å². The monoisotopic (exact) mass is 239 g/mol. The third-order valence-electron chi connectivity index (χ3n) is 3.05. The third-order valence-corrected chi connectivity index (χ3v) is 3.05. The van der Waals surface area contributed by atoms with Gasteiger partial charge < -0.3 is 10.2 Å². The molecule has 1 fully saturated rings. The molecular formula is C11H17N3O3. The summed E-state index contributed by atoms with van der Waals surface area (Å²) in [6.07, 6.45) is 1.63. The number of aliphatic hydroxyl groups excluding tert-OH is 1. The number of carbonyl (C=O) groups is 1. The van der Waals surface area contributed by atoms with Crippen molar-refractivity contribution >= 4 is 5.97 Å². The minimum absolute atomic E-state index is 0.0111. The summed E-state index contributed by atoms with van der Waals surface area (Å²) < 4.78 is 1.52. The van der Waals surface area contributed by atoms with Crippen LogP contribution in [-0.4, -0.2) is 37.3 Å². The quantitative estimate of drug-likeness (QED) is 0.796. The van der Waals surface area contributed by atoms with Gasteiger partial charge in [-0.05, 0) is 24.7 Å². The van der Waals surface area contributed by atoms with Gasteiger partial charge >= 0.3 is 5.97 Å². The van der Waals surface area contributed by atoms with E-state index in [-0.39, 0.29) is 11.6 Å². The Morgan fingerprint density at radius 3 is 2.65 bits per heavy atom. The molecule has 6 heteroatoms. The van der Waals surface area contributed by atoms with Crippen molar-refractivity contribution in [1.82, 2.24) is 15.0 Å². The van der Waals surface area contributed by atoms with E-state index in [0.29, 0.717) is 18.2 Å². The van der Waals surface area contributed by atoms with Gasteiger partial charge in [-0.15, -0.1) is 5.10 Å². The maximum Gasteiger partial charge on any atom is 0.358 e. The Kier molecular flexibility index (Phi) is 3.15. The highest BCUT2D eigenvalue weighted by Gasteiger charge is 2.31. The Morgan fingerprint density at radius 2 is 2.18 bits per heavy atom. The molecule has 2 rings (SSSR count). The predicted octanol–water partition coefficient (Wildman–Crippen LogP) is 0.871. The van der Waals surface area contributed by atoms with Crippen LogP contribution in [0.3, 0.4) is 0 Å². The van der Waals surface area contributed by atoms with Crippen LogP contribution >= 0.6 is 0 Å². The van der Waals surface area contributed by atoms with E-state index in [1.165, 1.54) is 4.68 Å². The van der Waals surface area contributed by atoms with E-state index in [2.05, 4.69) is 10.3 Å². The molecule has 1 aliphatic rings. The minimum Gasteiger partial charge on any atom is -0.476 e. The van der Waals surface area contributed by atoms with Gasteiger partial charge in [0, 0.05) is 0 Å². The smallest absolute Gasteiger partial charge is 0.358 e. The van der Waals surface area contributed by atoms with E-state index in [4.69, 9.17) is 5.11 Å². The van der Waals surface area contributed by atoms with Crippen LogP contribution in [0.1, 0.15) is 48.8 Å². The third kappa shape index (κ3) is 2.46. The average molecular weight is 239 g/mol.